The number of anilines is 2. The summed E-state index contributed by atoms with van der Waals surface area (Å²) in [5, 5.41) is 13.4. The molecule has 0 spiro atoms. The summed E-state index contributed by atoms with van der Waals surface area (Å²) in [6, 6.07) is 12.3. The quantitative estimate of drug-likeness (QED) is 0.485. The van der Waals surface area contributed by atoms with Crippen molar-refractivity contribution in [2.24, 2.45) is 5.92 Å². The van der Waals surface area contributed by atoms with Crippen LogP contribution in [0.5, 0.6) is 0 Å². The van der Waals surface area contributed by atoms with Crippen LogP contribution in [-0.2, 0) is 9.59 Å². The van der Waals surface area contributed by atoms with E-state index in [9.17, 15) is 18.8 Å². The molecule has 0 fully saturated rings. The van der Waals surface area contributed by atoms with Crippen LogP contribution in [0.2, 0.25) is 0 Å². The Bertz CT molecular complexity index is 1170. The molecule has 3 aromatic rings. The molecule has 10 heteroatoms. The number of hydrogen-bond donors (Lipinski definition) is 3. The molecule has 0 bridgehead atoms. The van der Waals surface area contributed by atoms with Gasteiger partial charge in [0, 0.05) is 17.2 Å². The summed E-state index contributed by atoms with van der Waals surface area (Å²) in [4.78, 5) is 39.2. The molecule has 0 aliphatic heterocycles. The fourth-order valence-corrected chi connectivity index (χ4v) is 3.14. The van der Waals surface area contributed by atoms with Crippen LogP contribution < -0.4 is 16.2 Å². The number of rotatable bonds is 7. The van der Waals surface area contributed by atoms with Gasteiger partial charge in [-0.25, -0.2) is 4.39 Å². The summed E-state index contributed by atoms with van der Waals surface area (Å²) < 4.78 is 13.2. The van der Waals surface area contributed by atoms with Gasteiger partial charge in [0.05, 0.1) is 11.4 Å². The van der Waals surface area contributed by atoms with E-state index in [0.29, 0.717) is 16.9 Å². The van der Waals surface area contributed by atoms with Crippen molar-refractivity contribution >= 4 is 35.0 Å². The van der Waals surface area contributed by atoms with Gasteiger partial charge in [0.25, 0.3) is 5.56 Å². The second-order valence-electron chi connectivity index (χ2n) is 6.84. The first-order valence-corrected chi connectivity index (χ1v) is 10.4. The van der Waals surface area contributed by atoms with Crippen LogP contribution in [0.3, 0.4) is 0 Å². The number of nitrogens with zero attached hydrogens (tertiary/aromatic N) is 2. The predicted octanol–water partition coefficient (Wildman–Crippen LogP) is 3.30. The minimum Gasteiger partial charge on any atom is -0.325 e. The van der Waals surface area contributed by atoms with E-state index in [2.05, 4.69) is 25.8 Å². The van der Waals surface area contributed by atoms with Gasteiger partial charge in [-0.05, 0) is 24.3 Å². The highest BCUT2D eigenvalue weighted by molar-refractivity contribution is 7.99. The number of aromatic amines is 1. The molecule has 0 saturated carbocycles. The Morgan fingerprint density at radius 2 is 1.87 bits per heavy atom. The number of halogens is 1. The number of aromatic nitrogens is 3. The third-order valence-electron chi connectivity index (χ3n) is 4.09. The van der Waals surface area contributed by atoms with Gasteiger partial charge in [0.1, 0.15) is 5.82 Å². The topological polar surface area (TPSA) is 117 Å². The molecule has 160 valence electrons. The number of carbonyl (C=O) groups excluding carboxylic acids is 2. The molecule has 0 aliphatic carbocycles. The largest absolute Gasteiger partial charge is 0.325 e. The van der Waals surface area contributed by atoms with Gasteiger partial charge in [0.2, 0.25) is 11.8 Å². The summed E-state index contributed by atoms with van der Waals surface area (Å²) in [5.74, 6) is -1.31. The number of nitrogens with one attached hydrogen (secondary N) is 3. The minimum absolute atomic E-state index is 0.0493. The lowest BCUT2D eigenvalue weighted by atomic mass is 10.1. The third-order valence-corrected chi connectivity index (χ3v) is 4.95. The van der Waals surface area contributed by atoms with Crippen molar-refractivity contribution in [3.05, 3.63) is 64.7 Å². The maximum atomic E-state index is 13.2. The van der Waals surface area contributed by atoms with Gasteiger partial charge in [-0.3, -0.25) is 19.4 Å². The van der Waals surface area contributed by atoms with E-state index in [4.69, 9.17) is 0 Å². The second kappa shape index (κ2) is 9.98. The lowest BCUT2D eigenvalue weighted by Crippen LogP contribution is -2.20. The lowest BCUT2D eigenvalue weighted by Gasteiger charge is -2.11. The summed E-state index contributed by atoms with van der Waals surface area (Å²) in [5.41, 5.74) is 0.768. The van der Waals surface area contributed by atoms with Crippen LogP contribution in [-0.4, -0.2) is 32.7 Å². The summed E-state index contributed by atoms with van der Waals surface area (Å²) in [6.45, 7) is 3.53. The van der Waals surface area contributed by atoms with Crippen LogP contribution in [0, 0.1) is 11.7 Å². The molecule has 0 aliphatic rings. The van der Waals surface area contributed by atoms with Gasteiger partial charge in [-0.15, -0.1) is 10.2 Å². The van der Waals surface area contributed by atoms with E-state index in [1.807, 2.05) is 0 Å². The van der Waals surface area contributed by atoms with E-state index in [-0.39, 0.29) is 34.3 Å². The first-order valence-electron chi connectivity index (χ1n) is 9.39. The molecule has 8 nitrogen and oxygen atoms in total. The summed E-state index contributed by atoms with van der Waals surface area (Å²) >= 11 is 0.984. The van der Waals surface area contributed by atoms with Gasteiger partial charge in [-0.2, -0.15) is 0 Å². The molecule has 0 atom stereocenters. The molecule has 3 rings (SSSR count). The zero-order chi connectivity index (χ0) is 22.4. The molecule has 0 radical (unpaired) electrons. The summed E-state index contributed by atoms with van der Waals surface area (Å²) in [6.07, 6.45) is 0. The monoisotopic (exact) mass is 441 g/mol. The molecule has 1 aromatic heterocycles. The zero-order valence-corrected chi connectivity index (χ0v) is 17.6. The Morgan fingerprint density at radius 1 is 1.10 bits per heavy atom. The van der Waals surface area contributed by atoms with Crippen LogP contribution in [0.4, 0.5) is 15.8 Å². The molecule has 0 saturated heterocycles. The Hall–Kier alpha value is -3.53. The highest BCUT2D eigenvalue weighted by atomic mass is 32.2. The molecule has 0 unspecified atom stereocenters. The summed E-state index contributed by atoms with van der Waals surface area (Å²) in [7, 11) is 0. The third kappa shape index (κ3) is 5.98. The molecular formula is C21H20FN5O3S. The molecule has 1 heterocycles. The lowest BCUT2D eigenvalue weighted by molar-refractivity contribution is -0.119. The van der Waals surface area contributed by atoms with Crippen molar-refractivity contribution in [2.45, 2.75) is 19.0 Å². The Labute approximate surface area is 181 Å². The van der Waals surface area contributed by atoms with Crippen molar-refractivity contribution in [1.29, 1.82) is 0 Å². The molecule has 2 amide bonds. The number of amides is 2. The van der Waals surface area contributed by atoms with Crippen molar-refractivity contribution in [2.75, 3.05) is 16.4 Å². The standard InChI is InChI=1S/C21H20FN5O3S/c1-12(2)19(29)24-16-9-4-3-8-15(16)18-20(30)25-21(27-26-18)31-11-17(28)23-14-7-5-6-13(22)10-14/h3-10,12H,11H2,1-2H3,(H,23,28)(H,24,29)(H,25,27,30). The Kier molecular flexibility index (Phi) is 7.14. The van der Waals surface area contributed by atoms with E-state index in [1.165, 1.54) is 18.2 Å². The minimum atomic E-state index is -0.505. The highest BCUT2D eigenvalue weighted by Crippen LogP contribution is 2.24. The van der Waals surface area contributed by atoms with Gasteiger partial charge < -0.3 is 10.6 Å². The van der Waals surface area contributed by atoms with Crippen LogP contribution in [0.15, 0.2) is 58.5 Å². The average molecular weight is 441 g/mol. The Balaban J connectivity index is 1.70. The number of hydrogen-bond acceptors (Lipinski definition) is 6. The molecular weight excluding hydrogens is 421 g/mol. The number of carbonyl (C=O) groups is 2. The van der Waals surface area contributed by atoms with E-state index in [1.54, 1.807) is 44.2 Å². The fraction of sp³-hybridized carbons (Fsp3) is 0.190. The highest BCUT2D eigenvalue weighted by Gasteiger charge is 2.15. The first-order chi connectivity index (χ1) is 14.8. The van der Waals surface area contributed by atoms with E-state index >= 15 is 0 Å². The van der Waals surface area contributed by atoms with Crippen molar-refractivity contribution in [1.82, 2.24) is 15.2 Å². The molecule has 3 N–H and O–H groups in total. The predicted molar refractivity (Wildman–Crippen MR) is 117 cm³/mol. The number of benzene rings is 2. The first kappa shape index (κ1) is 22.2. The number of para-hydroxylation sites is 1. The van der Waals surface area contributed by atoms with Crippen molar-refractivity contribution < 1.29 is 14.0 Å². The zero-order valence-electron chi connectivity index (χ0n) is 16.8. The number of thioether (sulfide) groups is 1. The molecule has 2 aromatic carbocycles. The number of H-pyrrole nitrogens is 1. The van der Waals surface area contributed by atoms with Crippen molar-refractivity contribution in [3.63, 3.8) is 0 Å². The van der Waals surface area contributed by atoms with Gasteiger partial charge in [0.15, 0.2) is 10.9 Å². The normalized spacial score (nSPS) is 10.7. The molecule has 31 heavy (non-hydrogen) atoms. The fourth-order valence-electron chi connectivity index (χ4n) is 2.54. The second-order valence-corrected chi connectivity index (χ2v) is 7.81. The average Bonchev–Trinajstić information content (AvgIpc) is 2.73. The van der Waals surface area contributed by atoms with Crippen LogP contribution in [0.25, 0.3) is 11.3 Å². The Morgan fingerprint density at radius 3 is 2.58 bits per heavy atom. The SMILES string of the molecule is CC(C)C(=O)Nc1ccccc1-c1nnc(SCC(=O)Nc2cccc(F)c2)[nH]c1=O. The van der Waals surface area contributed by atoms with Gasteiger partial charge in [-0.1, -0.05) is 49.9 Å². The smallest absolute Gasteiger partial charge is 0.278 e. The van der Waals surface area contributed by atoms with E-state index < -0.39 is 11.4 Å². The van der Waals surface area contributed by atoms with Crippen molar-refractivity contribution in [3.8, 4) is 11.3 Å². The van der Waals surface area contributed by atoms with Gasteiger partial charge >= 0.3 is 0 Å². The maximum absolute atomic E-state index is 13.2. The van der Waals surface area contributed by atoms with Crippen LogP contribution >= 0.6 is 11.8 Å². The van der Waals surface area contributed by atoms with Crippen LogP contribution in [0.1, 0.15) is 13.8 Å². The maximum Gasteiger partial charge on any atom is 0.278 e. The van der Waals surface area contributed by atoms with E-state index in [0.717, 1.165) is 11.8 Å².